The zero-order chi connectivity index (χ0) is 20.2. The molecular weight excluding hydrogens is 365 g/mol. The van der Waals surface area contributed by atoms with E-state index in [-0.39, 0.29) is 25.9 Å². The number of carbonyl (C=O) groups excluding carboxylic acids is 2. The zero-order valence-corrected chi connectivity index (χ0v) is 14.8. The van der Waals surface area contributed by atoms with E-state index in [1.165, 1.54) is 0 Å². The molecule has 0 bridgehead atoms. The van der Waals surface area contributed by atoms with Crippen molar-refractivity contribution >= 4 is 17.8 Å². The van der Waals surface area contributed by atoms with Crippen LogP contribution >= 0.6 is 0 Å². The van der Waals surface area contributed by atoms with Gasteiger partial charge in [-0.25, -0.2) is 0 Å². The summed E-state index contributed by atoms with van der Waals surface area (Å²) < 4.78 is 37.4. The van der Waals surface area contributed by atoms with Gasteiger partial charge in [0, 0.05) is 19.5 Å². The molecule has 1 aromatic rings. The fourth-order valence-electron chi connectivity index (χ4n) is 3.24. The SMILES string of the molecule is CCC(CNC(=O)C1CC(=O)N(CC(F)(F)F)C1)(C(=O)O)c1ccccc1. The second kappa shape index (κ2) is 7.98. The van der Waals surface area contributed by atoms with Crippen LogP contribution in [-0.4, -0.2) is 53.6 Å². The van der Waals surface area contributed by atoms with Gasteiger partial charge < -0.3 is 15.3 Å². The molecule has 0 aromatic heterocycles. The Morgan fingerprint density at radius 2 is 1.89 bits per heavy atom. The molecule has 2 atom stereocenters. The number of rotatable bonds is 7. The second-order valence-corrected chi connectivity index (χ2v) is 6.62. The molecule has 1 aliphatic heterocycles. The lowest BCUT2D eigenvalue weighted by atomic mass is 9.78. The third-order valence-electron chi connectivity index (χ3n) is 4.86. The normalized spacial score (nSPS) is 19.6. The van der Waals surface area contributed by atoms with Crippen LogP contribution in [0.5, 0.6) is 0 Å². The van der Waals surface area contributed by atoms with Crippen LogP contribution in [0.3, 0.4) is 0 Å². The minimum Gasteiger partial charge on any atom is -0.481 e. The molecule has 1 aromatic carbocycles. The van der Waals surface area contributed by atoms with E-state index in [4.69, 9.17) is 0 Å². The highest BCUT2D eigenvalue weighted by molar-refractivity contribution is 5.90. The van der Waals surface area contributed by atoms with Crippen LogP contribution in [-0.2, 0) is 19.8 Å². The minimum atomic E-state index is -4.53. The lowest BCUT2D eigenvalue weighted by Crippen LogP contribution is -2.48. The number of carboxylic acids is 1. The number of amides is 2. The number of nitrogens with one attached hydrogen (secondary N) is 1. The Labute approximate surface area is 154 Å². The van der Waals surface area contributed by atoms with Crippen molar-refractivity contribution in [1.29, 1.82) is 0 Å². The number of benzene rings is 1. The molecule has 148 valence electrons. The van der Waals surface area contributed by atoms with E-state index in [0.717, 1.165) is 0 Å². The Kier molecular flexibility index (Phi) is 6.12. The lowest BCUT2D eigenvalue weighted by Gasteiger charge is -2.29. The van der Waals surface area contributed by atoms with Crippen LogP contribution in [0, 0.1) is 5.92 Å². The van der Waals surface area contributed by atoms with Gasteiger partial charge in [0.2, 0.25) is 11.8 Å². The van der Waals surface area contributed by atoms with E-state index in [9.17, 15) is 32.7 Å². The molecule has 1 heterocycles. The maximum absolute atomic E-state index is 12.5. The smallest absolute Gasteiger partial charge is 0.406 e. The van der Waals surface area contributed by atoms with Gasteiger partial charge in [-0.05, 0) is 12.0 Å². The summed E-state index contributed by atoms with van der Waals surface area (Å²) in [6, 6.07) is 8.41. The first-order chi connectivity index (χ1) is 12.6. The van der Waals surface area contributed by atoms with E-state index in [0.29, 0.717) is 10.5 Å². The van der Waals surface area contributed by atoms with Crippen molar-refractivity contribution in [1.82, 2.24) is 10.2 Å². The molecule has 0 aliphatic carbocycles. The highest BCUT2D eigenvalue weighted by Gasteiger charge is 2.42. The Bertz CT molecular complexity index is 708. The third-order valence-corrected chi connectivity index (χ3v) is 4.86. The number of nitrogens with zero attached hydrogens (tertiary/aromatic N) is 1. The first-order valence-corrected chi connectivity index (χ1v) is 8.50. The first kappa shape index (κ1) is 20.7. The average Bonchev–Trinajstić information content (AvgIpc) is 2.95. The van der Waals surface area contributed by atoms with E-state index >= 15 is 0 Å². The highest BCUT2D eigenvalue weighted by atomic mass is 19.4. The number of carbonyl (C=O) groups is 3. The molecule has 2 rings (SSSR count). The Morgan fingerprint density at radius 3 is 2.41 bits per heavy atom. The summed E-state index contributed by atoms with van der Waals surface area (Å²) in [5.74, 6) is -3.41. The van der Waals surface area contributed by atoms with Gasteiger partial charge in [-0.15, -0.1) is 0 Å². The molecule has 27 heavy (non-hydrogen) atoms. The monoisotopic (exact) mass is 386 g/mol. The summed E-state index contributed by atoms with van der Waals surface area (Å²) in [5, 5.41) is 12.2. The van der Waals surface area contributed by atoms with Crippen LogP contribution in [0.1, 0.15) is 25.3 Å². The topological polar surface area (TPSA) is 86.7 Å². The molecular formula is C18H21F3N2O4. The number of hydrogen-bond donors (Lipinski definition) is 2. The van der Waals surface area contributed by atoms with Crippen molar-refractivity contribution in [2.45, 2.75) is 31.4 Å². The molecule has 2 amide bonds. The van der Waals surface area contributed by atoms with E-state index < -0.39 is 41.8 Å². The van der Waals surface area contributed by atoms with Crippen LogP contribution in [0.15, 0.2) is 30.3 Å². The maximum Gasteiger partial charge on any atom is 0.406 e. The molecule has 9 heteroatoms. The number of alkyl halides is 3. The van der Waals surface area contributed by atoms with Crippen molar-refractivity contribution in [2.24, 2.45) is 5.92 Å². The van der Waals surface area contributed by atoms with Gasteiger partial charge in [-0.2, -0.15) is 13.2 Å². The zero-order valence-electron chi connectivity index (χ0n) is 14.8. The molecule has 6 nitrogen and oxygen atoms in total. The quantitative estimate of drug-likeness (QED) is 0.750. The molecule has 1 fully saturated rings. The molecule has 2 N–H and O–H groups in total. The molecule has 0 spiro atoms. The average molecular weight is 386 g/mol. The van der Waals surface area contributed by atoms with E-state index in [1.807, 2.05) is 0 Å². The molecule has 2 unspecified atom stereocenters. The first-order valence-electron chi connectivity index (χ1n) is 8.50. The predicted octanol–water partition coefficient (Wildman–Crippen LogP) is 1.95. The number of aliphatic carboxylic acids is 1. The standard InChI is InChI=1S/C18H21F3N2O4/c1-2-17(16(26)27,13-6-4-3-5-7-13)10-22-15(25)12-8-14(24)23(9-12)11-18(19,20)21/h3-7,12H,2,8-11H2,1H3,(H,22,25)(H,26,27). The van der Waals surface area contributed by atoms with Crippen molar-refractivity contribution in [3.05, 3.63) is 35.9 Å². The fraction of sp³-hybridized carbons (Fsp3) is 0.500. The number of carboxylic acid groups (broad SMARTS) is 1. The third kappa shape index (κ3) is 4.78. The van der Waals surface area contributed by atoms with Crippen molar-refractivity contribution in [3.8, 4) is 0 Å². The van der Waals surface area contributed by atoms with E-state index in [2.05, 4.69) is 5.32 Å². The highest BCUT2D eigenvalue weighted by Crippen LogP contribution is 2.29. The molecule has 0 saturated carbocycles. The minimum absolute atomic E-state index is 0.205. The van der Waals surface area contributed by atoms with Crippen LogP contribution < -0.4 is 5.32 Å². The molecule has 0 radical (unpaired) electrons. The van der Waals surface area contributed by atoms with Crippen LogP contribution in [0.2, 0.25) is 0 Å². The van der Waals surface area contributed by atoms with Gasteiger partial charge in [0.05, 0.1) is 5.92 Å². The summed E-state index contributed by atoms with van der Waals surface area (Å²) >= 11 is 0. The predicted molar refractivity (Wildman–Crippen MR) is 89.8 cm³/mol. The second-order valence-electron chi connectivity index (χ2n) is 6.62. The Balaban J connectivity index is 2.07. The van der Waals surface area contributed by atoms with Crippen molar-refractivity contribution < 1.29 is 32.7 Å². The molecule has 1 aliphatic rings. The van der Waals surface area contributed by atoms with Crippen LogP contribution in [0.4, 0.5) is 13.2 Å². The van der Waals surface area contributed by atoms with Gasteiger partial charge in [-0.3, -0.25) is 14.4 Å². The van der Waals surface area contributed by atoms with Crippen LogP contribution in [0.25, 0.3) is 0 Å². The molecule has 1 saturated heterocycles. The van der Waals surface area contributed by atoms with Gasteiger partial charge in [0.25, 0.3) is 0 Å². The van der Waals surface area contributed by atoms with Gasteiger partial charge in [0.15, 0.2) is 0 Å². The van der Waals surface area contributed by atoms with Gasteiger partial charge in [-0.1, -0.05) is 37.3 Å². The summed E-state index contributed by atoms with van der Waals surface area (Å²) in [6.07, 6.45) is -4.65. The lowest BCUT2D eigenvalue weighted by molar-refractivity contribution is -0.157. The largest absolute Gasteiger partial charge is 0.481 e. The Morgan fingerprint density at radius 1 is 1.26 bits per heavy atom. The fourth-order valence-corrected chi connectivity index (χ4v) is 3.24. The summed E-state index contributed by atoms with van der Waals surface area (Å²) in [5.41, 5.74) is -0.841. The Hall–Kier alpha value is -2.58. The summed E-state index contributed by atoms with van der Waals surface area (Å²) in [7, 11) is 0. The van der Waals surface area contributed by atoms with Crippen molar-refractivity contribution in [2.75, 3.05) is 19.6 Å². The van der Waals surface area contributed by atoms with Crippen molar-refractivity contribution in [3.63, 3.8) is 0 Å². The number of hydrogen-bond acceptors (Lipinski definition) is 3. The number of likely N-dealkylation sites (tertiary alicyclic amines) is 1. The van der Waals surface area contributed by atoms with Gasteiger partial charge >= 0.3 is 12.1 Å². The summed E-state index contributed by atoms with van der Waals surface area (Å²) in [4.78, 5) is 36.6. The number of halogens is 3. The van der Waals surface area contributed by atoms with Gasteiger partial charge in [0.1, 0.15) is 12.0 Å². The maximum atomic E-state index is 12.5. The van der Waals surface area contributed by atoms with E-state index in [1.54, 1.807) is 37.3 Å². The summed E-state index contributed by atoms with van der Waals surface area (Å²) in [6.45, 7) is -0.265.